The number of ether oxygens (including phenoxy) is 2. The van der Waals surface area contributed by atoms with Gasteiger partial charge in [-0.3, -0.25) is 4.79 Å². The van der Waals surface area contributed by atoms with Gasteiger partial charge in [-0.2, -0.15) is 4.99 Å². The summed E-state index contributed by atoms with van der Waals surface area (Å²) in [5, 5.41) is 9.44. The lowest BCUT2D eigenvalue weighted by Crippen LogP contribution is -2.27. The zero-order valence-corrected chi connectivity index (χ0v) is 17.7. The van der Waals surface area contributed by atoms with Crippen molar-refractivity contribution in [2.45, 2.75) is 18.6 Å². The third-order valence-corrected chi connectivity index (χ3v) is 5.73. The molecule has 1 aromatic heterocycles. The molecule has 1 aliphatic heterocycles. The fourth-order valence-electron chi connectivity index (χ4n) is 3.28. The van der Waals surface area contributed by atoms with Gasteiger partial charge in [0.1, 0.15) is 11.8 Å². The topological polar surface area (TPSA) is 91.0 Å². The molecule has 0 spiro atoms. The van der Waals surface area contributed by atoms with E-state index in [4.69, 9.17) is 9.47 Å². The molecule has 1 amide bonds. The van der Waals surface area contributed by atoms with Gasteiger partial charge in [-0.15, -0.1) is 10.2 Å². The largest absolute Gasteiger partial charge is 0.493 e. The maximum absolute atomic E-state index is 12.3. The van der Waals surface area contributed by atoms with E-state index in [0.29, 0.717) is 29.6 Å². The van der Waals surface area contributed by atoms with Crippen LogP contribution in [0.4, 0.5) is 0 Å². The van der Waals surface area contributed by atoms with E-state index >= 15 is 0 Å². The summed E-state index contributed by atoms with van der Waals surface area (Å²) >= 11 is 1.45. The number of hydrogen-bond acceptors (Lipinski definition) is 7. The van der Waals surface area contributed by atoms with Crippen molar-refractivity contribution in [1.29, 1.82) is 0 Å². The van der Waals surface area contributed by atoms with Crippen LogP contribution in [0.1, 0.15) is 6.92 Å². The summed E-state index contributed by atoms with van der Waals surface area (Å²) in [6.45, 7) is 2.72. The Morgan fingerprint density at radius 1 is 1.10 bits per heavy atom. The van der Waals surface area contributed by atoms with E-state index in [1.54, 1.807) is 14.2 Å². The van der Waals surface area contributed by atoms with Crippen molar-refractivity contribution >= 4 is 29.2 Å². The van der Waals surface area contributed by atoms with Crippen molar-refractivity contribution in [2.24, 2.45) is 15.9 Å². The summed E-state index contributed by atoms with van der Waals surface area (Å²) in [5.41, 5.74) is 1.61. The van der Waals surface area contributed by atoms with Crippen LogP contribution in [0, 0.1) is 5.92 Å². The molecule has 0 N–H and O–H groups in total. The smallest absolute Gasteiger partial charge is 0.260 e. The first-order valence-electron chi connectivity index (χ1n) is 9.47. The number of fused-ring (bicyclic) bond motifs is 1. The molecule has 8 nitrogen and oxygen atoms in total. The molecule has 9 heteroatoms. The van der Waals surface area contributed by atoms with Crippen LogP contribution in [0.25, 0.3) is 11.4 Å². The van der Waals surface area contributed by atoms with Crippen molar-refractivity contribution in [2.75, 3.05) is 20.0 Å². The number of amides is 1. The molecule has 154 valence electrons. The van der Waals surface area contributed by atoms with E-state index in [9.17, 15) is 4.79 Å². The van der Waals surface area contributed by atoms with Gasteiger partial charge in [0.15, 0.2) is 22.5 Å². The third kappa shape index (κ3) is 3.80. The highest BCUT2D eigenvalue weighted by molar-refractivity contribution is 7.99. The molecule has 0 fully saturated rings. The summed E-state index contributed by atoms with van der Waals surface area (Å²) in [7, 11) is 3.20. The second-order valence-corrected chi connectivity index (χ2v) is 7.48. The molecule has 2 aliphatic rings. The Bertz CT molecular complexity index is 1100. The minimum absolute atomic E-state index is 0.181. The Morgan fingerprint density at radius 3 is 2.70 bits per heavy atom. The van der Waals surface area contributed by atoms with Crippen molar-refractivity contribution in [1.82, 2.24) is 14.8 Å². The zero-order valence-electron chi connectivity index (χ0n) is 16.9. The number of rotatable bonds is 7. The predicted octanol–water partition coefficient (Wildman–Crippen LogP) is 3.20. The zero-order chi connectivity index (χ0) is 21.1. The number of methoxy groups -OCH3 is 2. The monoisotopic (exact) mass is 423 g/mol. The van der Waals surface area contributed by atoms with Gasteiger partial charge in [-0.25, -0.2) is 4.99 Å². The van der Waals surface area contributed by atoms with Crippen LogP contribution < -0.4 is 9.47 Å². The van der Waals surface area contributed by atoms with Gasteiger partial charge < -0.3 is 14.0 Å². The Labute approximate surface area is 178 Å². The second kappa shape index (κ2) is 8.66. The Balaban J connectivity index is 1.55. The lowest BCUT2D eigenvalue weighted by molar-refractivity contribution is -0.118. The molecule has 1 aromatic carbocycles. The van der Waals surface area contributed by atoms with Crippen molar-refractivity contribution < 1.29 is 14.3 Å². The van der Waals surface area contributed by atoms with E-state index < -0.39 is 0 Å². The minimum atomic E-state index is -0.361. The quantitative estimate of drug-likeness (QED) is 0.635. The molecule has 1 atom stereocenters. The molecule has 1 unspecified atom stereocenters. The van der Waals surface area contributed by atoms with Crippen molar-refractivity contribution in [3.63, 3.8) is 0 Å². The average Bonchev–Trinajstić information content (AvgIpc) is 3.20. The van der Waals surface area contributed by atoms with Crippen LogP contribution in [0.15, 0.2) is 57.6 Å². The molecule has 30 heavy (non-hydrogen) atoms. The molecular weight excluding hydrogens is 402 g/mol. The van der Waals surface area contributed by atoms with E-state index in [0.717, 1.165) is 22.3 Å². The van der Waals surface area contributed by atoms with Crippen LogP contribution >= 0.6 is 11.8 Å². The number of aliphatic imine (C=N–C) groups is 2. The number of allylic oxidation sites excluding steroid dienone is 3. The second-order valence-electron chi connectivity index (χ2n) is 6.53. The van der Waals surface area contributed by atoms with E-state index in [1.807, 2.05) is 54.0 Å². The Hall–Kier alpha value is -3.20. The fourth-order valence-corrected chi connectivity index (χ4v) is 4.14. The number of nitrogens with zero attached hydrogens (tertiary/aromatic N) is 5. The van der Waals surface area contributed by atoms with Gasteiger partial charge in [0.05, 0.1) is 25.7 Å². The van der Waals surface area contributed by atoms with Gasteiger partial charge in [0, 0.05) is 12.1 Å². The molecule has 0 saturated heterocycles. The summed E-state index contributed by atoms with van der Waals surface area (Å²) < 4.78 is 12.7. The van der Waals surface area contributed by atoms with E-state index in [2.05, 4.69) is 20.2 Å². The van der Waals surface area contributed by atoms with Gasteiger partial charge in [-0.05, 0) is 31.2 Å². The number of thioether (sulfide) groups is 1. The molecule has 4 rings (SSSR count). The third-order valence-electron chi connectivity index (χ3n) is 4.77. The van der Waals surface area contributed by atoms with Crippen LogP contribution in [-0.4, -0.2) is 52.2 Å². The van der Waals surface area contributed by atoms with Gasteiger partial charge in [-0.1, -0.05) is 30.0 Å². The van der Waals surface area contributed by atoms with Crippen LogP contribution in [0.3, 0.4) is 0 Å². The first-order chi connectivity index (χ1) is 14.6. The summed E-state index contributed by atoms with van der Waals surface area (Å²) in [6, 6.07) is 5.64. The average molecular weight is 423 g/mol. The molecule has 0 bridgehead atoms. The Kier molecular flexibility index (Phi) is 5.80. The molecule has 2 heterocycles. The lowest BCUT2D eigenvalue weighted by Gasteiger charge is -2.17. The lowest BCUT2D eigenvalue weighted by atomic mass is 9.97. The highest BCUT2D eigenvalue weighted by Crippen LogP contribution is 2.33. The Morgan fingerprint density at radius 2 is 1.93 bits per heavy atom. The SMILES string of the molecule is CCn1c(SCC2=NC(=O)C3C=CC=CC3=N2)nnc1-c1ccc(OC)c(OC)c1. The highest BCUT2D eigenvalue weighted by atomic mass is 32.2. The summed E-state index contributed by atoms with van der Waals surface area (Å²) in [5.74, 6) is 2.40. The van der Waals surface area contributed by atoms with E-state index in [-0.39, 0.29) is 11.8 Å². The molecule has 1 aliphatic carbocycles. The number of hydrogen-bond donors (Lipinski definition) is 0. The van der Waals surface area contributed by atoms with Gasteiger partial charge in [0.25, 0.3) is 5.91 Å². The molecular formula is C21H21N5O3S. The standard InChI is InChI=1S/C21H21N5O3S/c1-4-26-19(13-9-10-16(28-2)17(11-13)29-3)24-25-21(26)30-12-18-22-15-8-6-5-7-14(15)20(27)23-18/h5-11,14H,4,12H2,1-3H3. The highest BCUT2D eigenvalue weighted by Gasteiger charge is 2.26. The minimum Gasteiger partial charge on any atom is -0.493 e. The van der Waals surface area contributed by atoms with Crippen LogP contribution in [-0.2, 0) is 11.3 Å². The van der Waals surface area contributed by atoms with Crippen molar-refractivity contribution in [3.05, 3.63) is 42.5 Å². The number of carbonyl (C=O) groups excluding carboxylic acids is 1. The number of amidine groups is 1. The molecule has 0 radical (unpaired) electrons. The fraction of sp³-hybridized carbons (Fsp3) is 0.286. The number of aromatic nitrogens is 3. The maximum atomic E-state index is 12.3. The maximum Gasteiger partial charge on any atom is 0.260 e. The number of carbonyl (C=O) groups is 1. The first kappa shape index (κ1) is 20.1. The van der Waals surface area contributed by atoms with E-state index in [1.165, 1.54) is 11.8 Å². The molecule has 0 saturated carbocycles. The summed E-state index contributed by atoms with van der Waals surface area (Å²) in [6.07, 6.45) is 7.39. The van der Waals surface area contributed by atoms with Gasteiger partial charge >= 0.3 is 0 Å². The van der Waals surface area contributed by atoms with Crippen LogP contribution in [0.2, 0.25) is 0 Å². The molecule has 2 aromatic rings. The number of benzene rings is 1. The van der Waals surface area contributed by atoms with Gasteiger partial charge in [0.2, 0.25) is 0 Å². The van der Waals surface area contributed by atoms with Crippen molar-refractivity contribution in [3.8, 4) is 22.9 Å². The first-order valence-corrected chi connectivity index (χ1v) is 10.5. The summed E-state index contributed by atoms with van der Waals surface area (Å²) in [4.78, 5) is 20.9. The predicted molar refractivity (Wildman–Crippen MR) is 117 cm³/mol. The van der Waals surface area contributed by atoms with Crippen LogP contribution in [0.5, 0.6) is 11.5 Å². The normalized spacial score (nSPS) is 17.4.